The second kappa shape index (κ2) is 3.19. The lowest BCUT2D eigenvalue weighted by atomic mass is 10.1. The number of fused-ring (bicyclic) bond motifs is 2. The normalized spacial score (nSPS) is 28.8. The van der Waals surface area contributed by atoms with E-state index < -0.39 is 0 Å². The van der Waals surface area contributed by atoms with Gasteiger partial charge in [0.15, 0.2) is 0 Å². The molecule has 1 aromatic rings. The smallest absolute Gasteiger partial charge is 0.226 e. The minimum atomic E-state index is 0.719. The Morgan fingerprint density at radius 1 is 1.20 bits per heavy atom. The molecule has 15 heavy (non-hydrogen) atoms. The largest absolute Gasteiger partial charge is 0.338 e. The Morgan fingerprint density at radius 2 is 1.93 bits per heavy atom. The molecule has 1 aromatic heterocycles. The van der Waals surface area contributed by atoms with Gasteiger partial charge in [-0.2, -0.15) is 0 Å². The highest BCUT2D eigenvalue weighted by molar-refractivity contribution is 5.37. The molecule has 1 aliphatic heterocycles. The first kappa shape index (κ1) is 9.13. The van der Waals surface area contributed by atoms with Crippen molar-refractivity contribution in [3.05, 3.63) is 17.5 Å². The highest BCUT2D eigenvalue weighted by Gasteiger charge is 2.38. The molecule has 3 rings (SSSR count). The summed E-state index contributed by atoms with van der Waals surface area (Å²) in [5.74, 6) is 1.86. The molecule has 2 unspecified atom stereocenters. The summed E-state index contributed by atoms with van der Waals surface area (Å²) in [6.07, 6.45) is 4.10. The Kier molecular flexibility index (Phi) is 1.94. The lowest BCUT2D eigenvalue weighted by molar-refractivity contribution is 0.546. The minimum absolute atomic E-state index is 0.719. The fourth-order valence-corrected chi connectivity index (χ4v) is 3.01. The molecule has 2 fully saturated rings. The molecule has 2 heterocycles. The van der Waals surface area contributed by atoms with E-state index in [9.17, 15) is 0 Å². The van der Waals surface area contributed by atoms with Gasteiger partial charge in [0, 0.05) is 24.0 Å². The van der Waals surface area contributed by atoms with Crippen LogP contribution in [0.3, 0.4) is 0 Å². The number of hydrogen-bond donors (Lipinski definition) is 0. The summed E-state index contributed by atoms with van der Waals surface area (Å²) in [6, 6.07) is 2.76. The van der Waals surface area contributed by atoms with Crippen molar-refractivity contribution < 1.29 is 0 Å². The standard InChI is InChI=1S/C12H17N3/c1-8-5-9(2)14-12(13-8)15-7-10-3-4-11(15)6-10/h5,10-11H,3-4,6-7H2,1-2H3. The number of nitrogens with zero attached hydrogens (tertiary/aromatic N) is 3. The monoisotopic (exact) mass is 203 g/mol. The molecule has 80 valence electrons. The second-order valence-electron chi connectivity index (χ2n) is 4.94. The quantitative estimate of drug-likeness (QED) is 0.699. The first-order valence-corrected chi connectivity index (χ1v) is 5.81. The molecular weight excluding hydrogens is 186 g/mol. The van der Waals surface area contributed by atoms with Gasteiger partial charge in [-0.25, -0.2) is 9.97 Å². The van der Waals surface area contributed by atoms with Crippen molar-refractivity contribution in [3.8, 4) is 0 Å². The maximum atomic E-state index is 4.55. The van der Waals surface area contributed by atoms with Crippen LogP contribution in [0.4, 0.5) is 5.95 Å². The third-order valence-electron chi connectivity index (χ3n) is 3.64. The molecule has 0 aromatic carbocycles. The second-order valence-corrected chi connectivity index (χ2v) is 4.94. The Labute approximate surface area is 90.5 Å². The SMILES string of the molecule is Cc1cc(C)nc(N2CC3CCC2C3)n1. The Bertz CT molecular complexity index is 368. The summed E-state index contributed by atoms with van der Waals surface area (Å²) in [4.78, 5) is 11.5. The molecular formula is C12H17N3. The highest BCUT2D eigenvalue weighted by Crippen LogP contribution is 2.38. The van der Waals surface area contributed by atoms with E-state index in [0.717, 1.165) is 29.3 Å². The van der Waals surface area contributed by atoms with E-state index >= 15 is 0 Å². The van der Waals surface area contributed by atoms with Crippen LogP contribution in [0.2, 0.25) is 0 Å². The molecule has 0 amide bonds. The van der Waals surface area contributed by atoms with Crippen LogP contribution in [-0.4, -0.2) is 22.6 Å². The molecule has 2 atom stereocenters. The fourth-order valence-electron chi connectivity index (χ4n) is 3.01. The van der Waals surface area contributed by atoms with Crippen LogP contribution >= 0.6 is 0 Å². The van der Waals surface area contributed by atoms with Crippen LogP contribution in [0, 0.1) is 19.8 Å². The number of aromatic nitrogens is 2. The third-order valence-corrected chi connectivity index (χ3v) is 3.64. The van der Waals surface area contributed by atoms with Crippen LogP contribution in [0.1, 0.15) is 30.7 Å². The summed E-state index contributed by atoms with van der Waals surface area (Å²) in [6.45, 7) is 5.27. The Hall–Kier alpha value is -1.12. The number of anilines is 1. The van der Waals surface area contributed by atoms with Gasteiger partial charge < -0.3 is 4.90 Å². The molecule has 3 nitrogen and oxygen atoms in total. The summed E-state index contributed by atoms with van der Waals surface area (Å²) in [5, 5.41) is 0. The van der Waals surface area contributed by atoms with E-state index in [1.54, 1.807) is 0 Å². The molecule has 1 aliphatic carbocycles. The topological polar surface area (TPSA) is 29.0 Å². The van der Waals surface area contributed by atoms with Gasteiger partial charge in [0.2, 0.25) is 5.95 Å². The summed E-state index contributed by atoms with van der Waals surface area (Å²) < 4.78 is 0. The van der Waals surface area contributed by atoms with Gasteiger partial charge in [0.05, 0.1) is 0 Å². The van der Waals surface area contributed by atoms with E-state index in [-0.39, 0.29) is 0 Å². The zero-order valence-electron chi connectivity index (χ0n) is 9.40. The number of piperidine rings is 1. The van der Waals surface area contributed by atoms with Crippen molar-refractivity contribution in [1.82, 2.24) is 9.97 Å². The minimum Gasteiger partial charge on any atom is -0.338 e. The average molecular weight is 203 g/mol. The first-order chi connectivity index (χ1) is 7.22. The van der Waals surface area contributed by atoms with Gasteiger partial charge in [-0.15, -0.1) is 0 Å². The van der Waals surface area contributed by atoms with Crippen LogP contribution in [0.5, 0.6) is 0 Å². The van der Waals surface area contributed by atoms with Crippen LogP contribution in [0.15, 0.2) is 6.07 Å². The maximum Gasteiger partial charge on any atom is 0.226 e. The molecule has 0 N–H and O–H groups in total. The van der Waals surface area contributed by atoms with E-state index in [1.807, 2.05) is 19.9 Å². The Balaban J connectivity index is 1.93. The van der Waals surface area contributed by atoms with Gasteiger partial charge in [0.1, 0.15) is 0 Å². The zero-order chi connectivity index (χ0) is 10.4. The third kappa shape index (κ3) is 1.50. The van der Waals surface area contributed by atoms with Crippen molar-refractivity contribution in [2.24, 2.45) is 5.92 Å². The predicted molar refractivity (Wildman–Crippen MR) is 60.0 cm³/mol. The molecule has 2 aliphatic rings. The van der Waals surface area contributed by atoms with Gasteiger partial charge in [-0.1, -0.05) is 0 Å². The molecule has 3 heteroatoms. The van der Waals surface area contributed by atoms with Gasteiger partial charge in [-0.05, 0) is 45.1 Å². The fraction of sp³-hybridized carbons (Fsp3) is 0.667. The predicted octanol–water partition coefficient (Wildman–Crippen LogP) is 2.08. The van der Waals surface area contributed by atoms with Gasteiger partial charge >= 0.3 is 0 Å². The van der Waals surface area contributed by atoms with Crippen molar-refractivity contribution in [2.75, 3.05) is 11.4 Å². The number of hydrogen-bond acceptors (Lipinski definition) is 3. The van der Waals surface area contributed by atoms with E-state index in [4.69, 9.17) is 0 Å². The van der Waals surface area contributed by atoms with E-state index in [1.165, 1.54) is 25.8 Å². The number of rotatable bonds is 1. The van der Waals surface area contributed by atoms with Crippen molar-refractivity contribution >= 4 is 5.95 Å². The van der Waals surface area contributed by atoms with Gasteiger partial charge in [0.25, 0.3) is 0 Å². The van der Waals surface area contributed by atoms with E-state index in [2.05, 4.69) is 14.9 Å². The molecule has 0 spiro atoms. The Morgan fingerprint density at radius 3 is 2.47 bits per heavy atom. The van der Waals surface area contributed by atoms with Crippen LogP contribution < -0.4 is 4.90 Å². The summed E-state index contributed by atoms with van der Waals surface area (Å²) in [5.41, 5.74) is 2.17. The zero-order valence-corrected chi connectivity index (χ0v) is 9.40. The van der Waals surface area contributed by atoms with Crippen molar-refractivity contribution in [3.63, 3.8) is 0 Å². The molecule has 2 bridgehead atoms. The molecule has 1 saturated heterocycles. The molecule has 0 radical (unpaired) electrons. The average Bonchev–Trinajstić information content (AvgIpc) is 2.76. The van der Waals surface area contributed by atoms with Crippen LogP contribution in [0.25, 0.3) is 0 Å². The summed E-state index contributed by atoms with van der Waals surface area (Å²) >= 11 is 0. The lowest BCUT2D eigenvalue weighted by Crippen LogP contribution is -2.33. The van der Waals surface area contributed by atoms with Gasteiger partial charge in [-0.3, -0.25) is 0 Å². The lowest BCUT2D eigenvalue weighted by Gasteiger charge is -2.27. The summed E-state index contributed by atoms with van der Waals surface area (Å²) in [7, 11) is 0. The van der Waals surface area contributed by atoms with E-state index in [0.29, 0.717) is 0 Å². The first-order valence-electron chi connectivity index (χ1n) is 5.81. The van der Waals surface area contributed by atoms with Crippen LogP contribution in [-0.2, 0) is 0 Å². The van der Waals surface area contributed by atoms with Crippen molar-refractivity contribution in [2.45, 2.75) is 39.2 Å². The maximum absolute atomic E-state index is 4.55. The number of aryl methyl sites for hydroxylation is 2. The highest BCUT2D eigenvalue weighted by atomic mass is 15.3. The van der Waals surface area contributed by atoms with Crippen molar-refractivity contribution in [1.29, 1.82) is 0 Å². The molecule has 1 saturated carbocycles.